The Bertz CT molecular complexity index is 510. The van der Waals surface area contributed by atoms with Crippen molar-refractivity contribution in [3.8, 4) is 0 Å². The zero-order valence-electron chi connectivity index (χ0n) is 11.1. The van der Waals surface area contributed by atoms with Gasteiger partial charge in [0.05, 0.1) is 4.90 Å². The summed E-state index contributed by atoms with van der Waals surface area (Å²) in [6.07, 6.45) is 1.46. The molecule has 2 rings (SSSR count). The molecule has 0 atom stereocenters. The lowest BCUT2D eigenvalue weighted by Crippen LogP contribution is -2.38. The molecule has 1 aromatic rings. The van der Waals surface area contributed by atoms with Crippen LogP contribution in [0.1, 0.15) is 18.4 Å². The van der Waals surface area contributed by atoms with Crippen molar-refractivity contribution in [3.05, 3.63) is 29.8 Å². The molecule has 0 radical (unpaired) electrons. The molecular weight excluding hydrogens is 264 g/mol. The molecule has 0 bridgehead atoms. The smallest absolute Gasteiger partial charge is 0.240 e. The second-order valence-electron chi connectivity index (χ2n) is 4.69. The molecule has 0 unspecified atom stereocenters. The molecule has 5 nitrogen and oxygen atoms in total. The predicted molar refractivity (Wildman–Crippen MR) is 73.4 cm³/mol. The second kappa shape index (κ2) is 6.47. The van der Waals surface area contributed by atoms with Gasteiger partial charge in [0.2, 0.25) is 10.0 Å². The van der Waals surface area contributed by atoms with Gasteiger partial charge in [-0.3, -0.25) is 0 Å². The van der Waals surface area contributed by atoms with Gasteiger partial charge in [0.15, 0.2) is 0 Å². The Balaban J connectivity index is 2.11. The van der Waals surface area contributed by atoms with Gasteiger partial charge in [-0.1, -0.05) is 12.1 Å². The van der Waals surface area contributed by atoms with E-state index in [0.29, 0.717) is 24.7 Å². The fraction of sp³-hybridized carbons (Fsp3) is 0.538. The van der Waals surface area contributed by atoms with E-state index in [9.17, 15) is 8.42 Å². The number of benzene rings is 1. The van der Waals surface area contributed by atoms with Crippen LogP contribution in [-0.2, 0) is 21.3 Å². The number of hydrogen-bond acceptors (Lipinski definition) is 4. The summed E-state index contributed by atoms with van der Waals surface area (Å²) in [6.45, 7) is 1.89. The van der Waals surface area contributed by atoms with Crippen molar-refractivity contribution in [1.29, 1.82) is 0 Å². The van der Waals surface area contributed by atoms with E-state index in [1.165, 1.54) is 0 Å². The first-order chi connectivity index (χ1) is 9.12. The Hall–Kier alpha value is -0.950. The van der Waals surface area contributed by atoms with Crippen LogP contribution in [0.15, 0.2) is 29.2 Å². The number of nitrogens with one attached hydrogen (secondary N) is 2. The summed E-state index contributed by atoms with van der Waals surface area (Å²) < 4.78 is 32.5. The molecule has 106 valence electrons. The Labute approximate surface area is 114 Å². The molecule has 1 fully saturated rings. The zero-order chi connectivity index (χ0) is 13.7. The summed E-state index contributed by atoms with van der Waals surface area (Å²) in [5.41, 5.74) is 0.956. The minimum Gasteiger partial charge on any atom is -0.381 e. The maximum absolute atomic E-state index is 12.3. The molecular formula is C13H20N2O3S. The average Bonchev–Trinajstić information content (AvgIpc) is 2.40. The number of hydrogen-bond donors (Lipinski definition) is 2. The van der Waals surface area contributed by atoms with E-state index in [0.717, 1.165) is 18.4 Å². The van der Waals surface area contributed by atoms with Gasteiger partial charge in [0.25, 0.3) is 0 Å². The highest BCUT2D eigenvalue weighted by molar-refractivity contribution is 7.89. The van der Waals surface area contributed by atoms with E-state index < -0.39 is 10.0 Å². The van der Waals surface area contributed by atoms with Gasteiger partial charge in [-0.25, -0.2) is 13.1 Å². The molecule has 0 aromatic heterocycles. The largest absolute Gasteiger partial charge is 0.381 e. The van der Waals surface area contributed by atoms with Crippen molar-refractivity contribution < 1.29 is 13.2 Å². The van der Waals surface area contributed by atoms with Gasteiger partial charge in [0.1, 0.15) is 0 Å². The molecule has 1 heterocycles. The van der Waals surface area contributed by atoms with Crippen LogP contribution in [-0.4, -0.2) is 34.7 Å². The number of ether oxygens (including phenoxy) is 1. The average molecular weight is 284 g/mol. The van der Waals surface area contributed by atoms with E-state index in [-0.39, 0.29) is 6.04 Å². The summed E-state index contributed by atoms with van der Waals surface area (Å²) >= 11 is 0. The molecule has 0 aliphatic carbocycles. The van der Waals surface area contributed by atoms with E-state index in [1.807, 2.05) is 13.1 Å². The third-order valence-corrected chi connectivity index (χ3v) is 4.65. The normalized spacial score (nSPS) is 17.5. The molecule has 0 saturated carbocycles. The van der Waals surface area contributed by atoms with E-state index in [2.05, 4.69) is 10.0 Å². The van der Waals surface area contributed by atoms with E-state index >= 15 is 0 Å². The lowest BCUT2D eigenvalue weighted by molar-refractivity contribution is 0.0832. The standard InChI is InChI=1S/C13H20N2O3S/c1-14-10-11-3-2-4-13(9-11)19(16,17)15-12-5-7-18-8-6-12/h2-4,9,12,14-15H,5-8,10H2,1H3. The van der Waals surface area contributed by atoms with Gasteiger partial charge < -0.3 is 10.1 Å². The molecule has 0 amide bonds. The molecule has 19 heavy (non-hydrogen) atoms. The van der Waals surface area contributed by atoms with Crippen molar-refractivity contribution in [2.24, 2.45) is 0 Å². The fourth-order valence-electron chi connectivity index (χ4n) is 2.13. The maximum Gasteiger partial charge on any atom is 0.240 e. The summed E-state index contributed by atoms with van der Waals surface area (Å²) in [6, 6.07) is 6.99. The molecule has 1 saturated heterocycles. The highest BCUT2D eigenvalue weighted by Gasteiger charge is 2.22. The topological polar surface area (TPSA) is 67.4 Å². The first-order valence-corrected chi connectivity index (χ1v) is 7.94. The first-order valence-electron chi connectivity index (χ1n) is 6.45. The molecule has 0 spiro atoms. The van der Waals surface area contributed by atoms with E-state index in [1.54, 1.807) is 18.2 Å². The third-order valence-electron chi connectivity index (χ3n) is 3.13. The SMILES string of the molecule is CNCc1cccc(S(=O)(=O)NC2CCOCC2)c1. The van der Waals surface area contributed by atoms with Crippen LogP contribution in [0.2, 0.25) is 0 Å². The summed E-state index contributed by atoms with van der Waals surface area (Å²) in [4.78, 5) is 0.326. The lowest BCUT2D eigenvalue weighted by atomic mass is 10.1. The first kappa shape index (κ1) is 14.5. The summed E-state index contributed by atoms with van der Waals surface area (Å²) in [7, 11) is -1.60. The van der Waals surface area contributed by atoms with Gasteiger partial charge in [-0.2, -0.15) is 0 Å². The van der Waals surface area contributed by atoms with Gasteiger partial charge in [-0.15, -0.1) is 0 Å². The van der Waals surface area contributed by atoms with Crippen molar-refractivity contribution in [1.82, 2.24) is 10.0 Å². The zero-order valence-corrected chi connectivity index (χ0v) is 11.9. The number of sulfonamides is 1. The van der Waals surface area contributed by atoms with Crippen molar-refractivity contribution in [2.45, 2.75) is 30.3 Å². The van der Waals surface area contributed by atoms with Gasteiger partial charge >= 0.3 is 0 Å². The maximum atomic E-state index is 12.3. The van der Waals surface area contributed by atoms with Crippen LogP contribution in [0.3, 0.4) is 0 Å². The fourth-order valence-corrected chi connectivity index (χ4v) is 3.50. The van der Waals surface area contributed by atoms with E-state index in [4.69, 9.17) is 4.74 Å². The summed E-state index contributed by atoms with van der Waals surface area (Å²) in [5, 5.41) is 3.01. The van der Waals surface area contributed by atoms with Crippen LogP contribution >= 0.6 is 0 Å². The van der Waals surface area contributed by atoms with Crippen LogP contribution in [0.4, 0.5) is 0 Å². The molecule has 6 heteroatoms. The Morgan fingerprint density at radius 2 is 2.05 bits per heavy atom. The van der Waals surface area contributed by atoms with Crippen LogP contribution in [0.5, 0.6) is 0 Å². The summed E-state index contributed by atoms with van der Waals surface area (Å²) in [5.74, 6) is 0. The molecule has 1 aliphatic heterocycles. The van der Waals surface area contributed by atoms with Crippen LogP contribution < -0.4 is 10.0 Å². The minimum absolute atomic E-state index is 0.0216. The van der Waals surface area contributed by atoms with Gasteiger partial charge in [-0.05, 0) is 37.6 Å². The van der Waals surface area contributed by atoms with Crippen molar-refractivity contribution in [3.63, 3.8) is 0 Å². The quantitative estimate of drug-likeness (QED) is 0.841. The van der Waals surface area contributed by atoms with Crippen molar-refractivity contribution in [2.75, 3.05) is 20.3 Å². The van der Waals surface area contributed by atoms with Crippen LogP contribution in [0.25, 0.3) is 0 Å². The highest BCUT2D eigenvalue weighted by Crippen LogP contribution is 2.15. The minimum atomic E-state index is -3.43. The second-order valence-corrected chi connectivity index (χ2v) is 6.40. The monoisotopic (exact) mass is 284 g/mol. The molecule has 1 aromatic carbocycles. The lowest BCUT2D eigenvalue weighted by Gasteiger charge is -2.23. The highest BCUT2D eigenvalue weighted by atomic mass is 32.2. The molecule has 2 N–H and O–H groups in total. The Kier molecular flexibility index (Phi) is 4.93. The Morgan fingerprint density at radius 3 is 2.74 bits per heavy atom. The number of rotatable bonds is 5. The Morgan fingerprint density at radius 1 is 1.32 bits per heavy atom. The molecule has 1 aliphatic rings. The predicted octanol–water partition coefficient (Wildman–Crippen LogP) is 0.863. The van der Waals surface area contributed by atoms with Crippen molar-refractivity contribution >= 4 is 10.0 Å². The van der Waals surface area contributed by atoms with Crippen LogP contribution in [0, 0.1) is 0 Å². The third kappa shape index (κ3) is 4.01. The van der Waals surface area contributed by atoms with Gasteiger partial charge in [0, 0.05) is 25.8 Å².